The summed E-state index contributed by atoms with van der Waals surface area (Å²) in [5.41, 5.74) is 2.51. The van der Waals surface area contributed by atoms with Gasteiger partial charge in [-0.3, -0.25) is 9.79 Å². The third-order valence-electron chi connectivity index (χ3n) is 4.75. The summed E-state index contributed by atoms with van der Waals surface area (Å²) in [7, 11) is 0. The second-order valence-corrected chi connectivity index (χ2v) is 7.72. The first-order chi connectivity index (χ1) is 13.2. The van der Waals surface area contributed by atoms with Crippen molar-refractivity contribution >= 4 is 23.2 Å². The SMILES string of the molecule is CCNC(=NCCC(=O)N1CCc2sccc2C1)NC(C)c1ccccc1. The van der Waals surface area contributed by atoms with Gasteiger partial charge in [0.2, 0.25) is 5.91 Å². The molecule has 1 unspecified atom stereocenters. The first-order valence-electron chi connectivity index (χ1n) is 9.60. The molecule has 1 amide bonds. The van der Waals surface area contributed by atoms with E-state index in [1.54, 1.807) is 11.3 Å². The molecule has 0 fully saturated rings. The highest BCUT2D eigenvalue weighted by atomic mass is 32.1. The van der Waals surface area contributed by atoms with Crippen LogP contribution in [0.25, 0.3) is 0 Å². The molecule has 0 aliphatic carbocycles. The molecule has 2 aromatic rings. The molecule has 2 heterocycles. The lowest BCUT2D eigenvalue weighted by Gasteiger charge is -2.27. The van der Waals surface area contributed by atoms with Crippen molar-refractivity contribution in [3.8, 4) is 0 Å². The summed E-state index contributed by atoms with van der Waals surface area (Å²) >= 11 is 1.79. The second-order valence-electron chi connectivity index (χ2n) is 6.72. The number of rotatable bonds is 6. The van der Waals surface area contributed by atoms with Crippen molar-refractivity contribution in [3.05, 3.63) is 57.8 Å². The quantitative estimate of drug-likeness (QED) is 0.593. The van der Waals surface area contributed by atoms with Crippen molar-refractivity contribution in [2.45, 2.75) is 39.3 Å². The maximum Gasteiger partial charge on any atom is 0.224 e. The average molecular weight is 385 g/mol. The summed E-state index contributed by atoms with van der Waals surface area (Å²) < 4.78 is 0. The maximum atomic E-state index is 12.5. The molecule has 0 saturated carbocycles. The van der Waals surface area contributed by atoms with Gasteiger partial charge in [-0.15, -0.1) is 11.3 Å². The number of nitrogens with one attached hydrogen (secondary N) is 2. The van der Waals surface area contributed by atoms with Crippen LogP contribution in [0.2, 0.25) is 0 Å². The van der Waals surface area contributed by atoms with Crippen LogP contribution in [0.3, 0.4) is 0 Å². The van der Waals surface area contributed by atoms with E-state index >= 15 is 0 Å². The van der Waals surface area contributed by atoms with Crippen LogP contribution in [0.5, 0.6) is 0 Å². The molecule has 1 aromatic heterocycles. The highest BCUT2D eigenvalue weighted by Gasteiger charge is 2.21. The first-order valence-corrected chi connectivity index (χ1v) is 10.5. The third kappa shape index (κ3) is 5.32. The smallest absolute Gasteiger partial charge is 0.224 e. The predicted octanol–water partition coefficient (Wildman–Crippen LogP) is 3.34. The molecule has 3 rings (SSSR count). The van der Waals surface area contributed by atoms with Gasteiger partial charge in [-0.25, -0.2) is 0 Å². The van der Waals surface area contributed by atoms with E-state index in [2.05, 4.69) is 46.1 Å². The average Bonchev–Trinajstić information content (AvgIpc) is 3.16. The summed E-state index contributed by atoms with van der Waals surface area (Å²) in [6.45, 7) is 6.99. The van der Waals surface area contributed by atoms with Crippen LogP contribution in [-0.4, -0.2) is 36.4 Å². The fourth-order valence-corrected chi connectivity index (χ4v) is 4.12. The number of hydrogen-bond donors (Lipinski definition) is 2. The van der Waals surface area contributed by atoms with E-state index in [1.807, 2.05) is 30.0 Å². The fourth-order valence-electron chi connectivity index (χ4n) is 3.23. The molecule has 6 heteroatoms. The van der Waals surface area contributed by atoms with Crippen LogP contribution in [0.4, 0.5) is 0 Å². The van der Waals surface area contributed by atoms with E-state index in [1.165, 1.54) is 16.0 Å². The monoisotopic (exact) mass is 384 g/mol. The highest BCUT2D eigenvalue weighted by molar-refractivity contribution is 7.10. The van der Waals surface area contributed by atoms with Crippen molar-refractivity contribution in [1.82, 2.24) is 15.5 Å². The Balaban J connectivity index is 1.52. The Hall–Kier alpha value is -2.34. The zero-order valence-electron chi connectivity index (χ0n) is 16.1. The number of thiophene rings is 1. The maximum absolute atomic E-state index is 12.5. The van der Waals surface area contributed by atoms with Gasteiger partial charge in [0.25, 0.3) is 0 Å². The molecule has 0 saturated heterocycles. The van der Waals surface area contributed by atoms with E-state index in [0.29, 0.717) is 13.0 Å². The Bertz CT molecular complexity index is 771. The Morgan fingerprint density at radius 3 is 2.89 bits per heavy atom. The van der Waals surface area contributed by atoms with Crippen LogP contribution in [0.15, 0.2) is 46.8 Å². The van der Waals surface area contributed by atoms with Gasteiger partial charge in [-0.2, -0.15) is 0 Å². The van der Waals surface area contributed by atoms with Crippen LogP contribution >= 0.6 is 11.3 Å². The number of benzene rings is 1. The summed E-state index contributed by atoms with van der Waals surface area (Å²) in [5.74, 6) is 0.933. The first kappa shape index (κ1) is 19.4. The lowest BCUT2D eigenvalue weighted by Crippen LogP contribution is -2.39. The van der Waals surface area contributed by atoms with Gasteiger partial charge in [0.05, 0.1) is 12.6 Å². The number of amides is 1. The predicted molar refractivity (Wildman–Crippen MR) is 112 cm³/mol. The summed E-state index contributed by atoms with van der Waals surface area (Å²) in [4.78, 5) is 20.5. The van der Waals surface area contributed by atoms with Crippen molar-refractivity contribution in [2.75, 3.05) is 19.6 Å². The molecule has 0 bridgehead atoms. The van der Waals surface area contributed by atoms with Gasteiger partial charge >= 0.3 is 0 Å². The zero-order valence-corrected chi connectivity index (χ0v) is 16.9. The van der Waals surface area contributed by atoms with E-state index in [-0.39, 0.29) is 11.9 Å². The number of nitrogens with zero attached hydrogens (tertiary/aromatic N) is 2. The second kappa shape index (κ2) is 9.55. The Morgan fingerprint density at radius 1 is 1.30 bits per heavy atom. The third-order valence-corrected chi connectivity index (χ3v) is 5.78. The fraction of sp³-hybridized carbons (Fsp3) is 0.429. The minimum Gasteiger partial charge on any atom is -0.357 e. The molecule has 0 radical (unpaired) electrons. The Kier molecular flexibility index (Phi) is 6.87. The molecule has 2 N–H and O–H groups in total. The van der Waals surface area contributed by atoms with Crippen molar-refractivity contribution in [3.63, 3.8) is 0 Å². The number of hydrogen-bond acceptors (Lipinski definition) is 3. The van der Waals surface area contributed by atoms with E-state index < -0.39 is 0 Å². The minimum atomic E-state index is 0.152. The largest absolute Gasteiger partial charge is 0.357 e. The van der Waals surface area contributed by atoms with Crippen molar-refractivity contribution < 1.29 is 4.79 Å². The molecule has 1 aromatic carbocycles. The molecule has 0 spiro atoms. The minimum absolute atomic E-state index is 0.152. The number of guanidine groups is 1. The lowest BCUT2D eigenvalue weighted by molar-refractivity contribution is -0.131. The molecule has 1 aliphatic heterocycles. The van der Waals surface area contributed by atoms with Gasteiger partial charge in [-0.1, -0.05) is 30.3 Å². The summed E-state index contributed by atoms with van der Waals surface area (Å²) in [6.07, 6.45) is 1.41. The van der Waals surface area contributed by atoms with Gasteiger partial charge in [0.15, 0.2) is 5.96 Å². The van der Waals surface area contributed by atoms with E-state index in [0.717, 1.165) is 32.0 Å². The summed E-state index contributed by atoms with van der Waals surface area (Å²) in [5, 5.41) is 8.79. The number of carbonyl (C=O) groups is 1. The number of aliphatic imine (C=N–C) groups is 1. The van der Waals surface area contributed by atoms with Crippen LogP contribution in [0.1, 0.15) is 42.3 Å². The Morgan fingerprint density at radius 2 is 2.11 bits per heavy atom. The van der Waals surface area contributed by atoms with E-state index in [4.69, 9.17) is 0 Å². The standard InChI is InChI=1S/C21H28N4OS/c1-3-22-21(24-16(2)17-7-5-4-6-8-17)23-12-9-20(26)25-13-10-19-18(15-25)11-14-27-19/h4-8,11,14,16H,3,9-10,12-13,15H2,1-2H3,(H2,22,23,24). The van der Waals surface area contributed by atoms with Gasteiger partial charge < -0.3 is 15.5 Å². The van der Waals surface area contributed by atoms with Crippen LogP contribution < -0.4 is 10.6 Å². The molecule has 1 atom stereocenters. The van der Waals surface area contributed by atoms with Crippen molar-refractivity contribution in [2.24, 2.45) is 4.99 Å². The highest BCUT2D eigenvalue weighted by Crippen LogP contribution is 2.24. The zero-order chi connectivity index (χ0) is 19.1. The van der Waals surface area contributed by atoms with Gasteiger partial charge in [0.1, 0.15) is 0 Å². The molecular weight excluding hydrogens is 356 g/mol. The molecule has 5 nitrogen and oxygen atoms in total. The molecule has 144 valence electrons. The van der Waals surface area contributed by atoms with Gasteiger partial charge in [0, 0.05) is 30.9 Å². The topological polar surface area (TPSA) is 56.7 Å². The molecule has 1 aliphatic rings. The van der Waals surface area contributed by atoms with Gasteiger partial charge in [-0.05, 0) is 42.8 Å². The van der Waals surface area contributed by atoms with Crippen LogP contribution in [-0.2, 0) is 17.8 Å². The molecular formula is C21H28N4OS. The Labute approximate surface area is 165 Å². The van der Waals surface area contributed by atoms with Crippen molar-refractivity contribution in [1.29, 1.82) is 0 Å². The summed E-state index contributed by atoms with van der Waals surface area (Å²) in [6, 6.07) is 12.6. The molecule has 27 heavy (non-hydrogen) atoms. The van der Waals surface area contributed by atoms with Crippen LogP contribution in [0, 0.1) is 0 Å². The lowest BCUT2D eigenvalue weighted by atomic mass is 10.1. The number of fused-ring (bicyclic) bond motifs is 1. The normalized spacial score (nSPS) is 15.2. The number of carbonyl (C=O) groups excluding carboxylic acids is 1. The van der Waals surface area contributed by atoms with E-state index in [9.17, 15) is 4.79 Å².